The van der Waals surface area contributed by atoms with Gasteiger partial charge in [-0.05, 0) is 12.1 Å². The van der Waals surface area contributed by atoms with E-state index in [1.807, 2.05) is 0 Å². The maximum atomic E-state index is 12.7. The predicted octanol–water partition coefficient (Wildman–Crippen LogP) is 1.86. The Morgan fingerprint density at radius 2 is 1.31 bits per heavy atom. The van der Waals surface area contributed by atoms with Gasteiger partial charge in [0.1, 0.15) is 0 Å². The Labute approximate surface area is 71.2 Å². The van der Waals surface area contributed by atoms with E-state index in [-0.39, 0.29) is 22.5 Å². The summed E-state index contributed by atoms with van der Waals surface area (Å²) in [6.45, 7) is 0. The summed E-state index contributed by atoms with van der Waals surface area (Å²) in [5.41, 5.74) is 0. The standard InChI is InChI=1S/C8H5F2NO2/c9-5-1-3-4(2-6(5)10)8(13)11-7(3)12/h1-2,11-13H. The van der Waals surface area contributed by atoms with Gasteiger partial charge in [-0.3, -0.25) is 4.98 Å². The van der Waals surface area contributed by atoms with Crippen LogP contribution in [0.2, 0.25) is 0 Å². The van der Waals surface area contributed by atoms with Gasteiger partial charge in [0.15, 0.2) is 23.4 Å². The fourth-order valence-electron chi connectivity index (χ4n) is 1.19. The second kappa shape index (κ2) is 2.35. The number of nitrogens with one attached hydrogen (secondary N) is 1. The van der Waals surface area contributed by atoms with E-state index < -0.39 is 11.6 Å². The van der Waals surface area contributed by atoms with Gasteiger partial charge in [0.25, 0.3) is 0 Å². The van der Waals surface area contributed by atoms with Crippen LogP contribution in [0.15, 0.2) is 12.1 Å². The third-order valence-corrected chi connectivity index (χ3v) is 1.81. The van der Waals surface area contributed by atoms with E-state index >= 15 is 0 Å². The minimum absolute atomic E-state index is 0.0522. The molecule has 68 valence electrons. The Morgan fingerprint density at radius 1 is 0.923 bits per heavy atom. The predicted molar refractivity (Wildman–Crippen MR) is 41.5 cm³/mol. The largest absolute Gasteiger partial charge is 0.494 e. The Bertz CT molecular complexity index is 436. The maximum absolute atomic E-state index is 12.7. The lowest BCUT2D eigenvalue weighted by Crippen LogP contribution is -1.81. The number of halogens is 2. The van der Waals surface area contributed by atoms with Crippen molar-refractivity contribution < 1.29 is 19.0 Å². The van der Waals surface area contributed by atoms with E-state index in [9.17, 15) is 8.78 Å². The summed E-state index contributed by atoms with van der Waals surface area (Å²) in [6, 6.07) is 1.63. The average molecular weight is 185 g/mol. The Hall–Kier alpha value is -1.78. The lowest BCUT2D eigenvalue weighted by atomic mass is 10.2. The lowest BCUT2D eigenvalue weighted by Gasteiger charge is -1.93. The molecule has 3 nitrogen and oxygen atoms in total. The molecule has 2 aromatic rings. The summed E-state index contributed by atoms with van der Waals surface area (Å²) >= 11 is 0. The molecule has 0 aliphatic rings. The van der Waals surface area contributed by atoms with E-state index in [1.54, 1.807) is 0 Å². The molecule has 0 spiro atoms. The summed E-state index contributed by atoms with van der Waals surface area (Å²) in [4.78, 5) is 2.15. The second-order valence-electron chi connectivity index (χ2n) is 2.63. The average Bonchev–Trinajstić information content (AvgIpc) is 2.31. The van der Waals surface area contributed by atoms with Crippen molar-refractivity contribution >= 4 is 10.8 Å². The fraction of sp³-hybridized carbons (Fsp3) is 0. The number of hydrogen-bond acceptors (Lipinski definition) is 2. The Balaban J connectivity index is 2.91. The highest BCUT2D eigenvalue weighted by Gasteiger charge is 2.12. The monoisotopic (exact) mass is 185 g/mol. The van der Waals surface area contributed by atoms with Crippen molar-refractivity contribution in [3.05, 3.63) is 23.8 Å². The van der Waals surface area contributed by atoms with Crippen LogP contribution in [0.25, 0.3) is 10.8 Å². The summed E-state index contributed by atoms with van der Waals surface area (Å²) in [5.74, 6) is -2.90. The van der Waals surface area contributed by atoms with Crippen molar-refractivity contribution in [2.75, 3.05) is 0 Å². The van der Waals surface area contributed by atoms with Crippen LogP contribution in [0, 0.1) is 11.6 Å². The molecule has 0 amide bonds. The highest BCUT2D eigenvalue weighted by atomic mass is 19.2. The van der Waals surface area contributed by atoms with Crippen molar-refractivity contribution in [3.8, 4) is 11.8 Å². The van der Waals surface area contributed by atoms with Gasteiger partial charge in [-0.2, -0.15) is 0 Å². The maximum Gasteiger partial charge on any atom is 0.199 e. The molecule has 0 unspecified atom stereocenters. The Kier molecular flexibility index (Phi) is 1.42. The van der Waals surface area contributed by atoms with Gasteiger partial charge in [-0.25, -0.2) is 8.78 Å². The summed E-state index contributed by atoms with van der Waals surface area (Å²) < 4.78 is 25.3. The van der Waals surface area contributed by atoms with E-state index in [2.05, 4.69) is 4.98 Å². The molecule has 13 heavy (non-hydrogen) atoms. The highest BCUT2D eigenvalue weighted by molar-refractivity contribution is 5.92. The number of hydrogen-bond donors (Lipinski definition) is 3. The first-order valence-electron chi connectivity index (χ1n) is 3.48. The van der Waals surface area contributed by atoms with Gasteiger partial charge in [0, 0.05) is 0 Å². The second-order valence-corrected chi connectivity index (χ2v) is 2.63. The zero-order chi connectivity index (χ0) is 9.59. The van der Waals surface area contributed by atoms with E-state index in [0.717, 1.165) is 12.1 Å². The minimum atomic E-state index is -1.07. The number of aromatic amines is 1. The third kappa shape index (κ3) is 1.00. The van der Waals surface area contributed by atoms with Gasteiger partial charge in [0.2, 0.25) is 0 Å². The fourth-order valence-corrected chi connectivity index (χ4v) is 1.19. The molecule has 1 heterocycles. The van der Waals surface area contributed by atoms with Gasteiger partial charge in [-0.15, -0.1) is 0 Å². The topological polar surface area (TPSA) is 56.2 Å². The van der Waals surface area contributed by atoms with Crippen LogP contribution in [0.3, 0.4) is 0 Å². The first-order chi connectivity index (χ1) is 6.09. The minimum Gasteiger partial charge on any atom is -0.494 e. The lowest BCUT2D eigenvalue weighted by molar-refractivity contribution is 0.429. The van der Waals surface area contributed by atoms with Crippen LogP contribution >= 0.6 is 0 Å². The van der Waals surface area contributed by atoms with Gasteiger partial charge >= 0.3 is 0 Å². The van der Waals surface area contributed by atoms with Crippen LogP contribution in [0.1, 0.15) is 0 Å². The molecule has 0 fully saturated rings. The number of aromatic nitrogens is 1. The van der Waals surface area contributed by atoms with Crippen LogP contribution < -0.4 is 0 Å². The first-order valence-corrected chi connectivity index (χ1v) is 3.48. The van der Waals surface area contributed by atoms with E-state index in [0.29, 0.717) is 0 Å². The number of benzene rings is 1. The highest BCUT2D eigenvalue weighted by Crippen LogP contribution is 2.32. The van der Waals surface area contributed by atoms with E-state index in [1.165, 1.54) is 0 Å². The molecule has 2 rings (SSSR count). The van der Waals surface area contributed by atoms with Crippen LogP contribution in [-0.4, -0.2) is 15.2 Å². The number of H-pyrrole nitrogens is 1. The molecule has 0 atom stereocenters. The SMILES string of the molecule is Oc1[nH]c(O)c2cc(F)c(F)cc12. The Morgan fingerprint density at radius 3 is 1.69 bits per heavy atom. The molecular formula is C8H5F2NO2. The van der Waals surface area contributed by atoms with Crippen LogP contribution in [0.4, 0.5) is 8.78 Å². The van der Waals surface area contributed by atoms with Crippen molar-refractivity contribution in [1.82, 2.24) is 4.98 Å². The molecule has 0 saturated heterocycles. The molecule has 1 aromatic carbocycles. The summed E-state index contributed by atoms with van der Waals surface area (Å²) in [6.07, 6.45) is 0. The van der Waals surface area contributed by atoms with Crippen molar-refractivity contribution in [2.24, 2.45) is 0 Å². The summed E-state index contributed by atoms with van der Waals surface area (Å²) in [5, 5.41) is 18.3. The van der Waals surface area contributed by atoms with Crippen molar-refractivity contribution in [1.29, 1.82) is 0 Å². The zero-order valence-electron chi connectivity index (χ0n) is 6.31. The van der Waals surface area contributed by atoms with Crippen LogP contribution in [-0.2, 0) is 0 Å². The molecule has 0 saturated carbocycles. The molecular weight excluding hydrogens is 180 g/mol. The molecule has 0 aliphatic heterocycles. The van der Waals surface area contributed by atoms with Gasteiger partial charge in [-0.1, -0.05) is 0 Å². The smallest absolute Gasteiger partial charge is 0.199 e. The van der Waals surface area contributed by atoms with E-state index in [4.69, 9.17) is 10.2 Å². The number of aromatic hydroxyl groups is 2. The third-order valence-electron chi connectivity index (χ3n) is 1.81. The first kappa shape index (κ1) is 7.85. The molecule has 5 heteroatoms. The zero-order valence-corrected chi connectivity index (χ0v) is 6.31. The number of rotatable bonds is 0. The van der Waals surface area contributed by atoms with Crippen molar-refractivity contribution in [3.63, 3.8) is 0 Å². The van der Waals surface area contributed by atoms with Gasteiger partial charge < -0.3 is 10.2 Å². The van der Waals surface area contributed by atoms with Gasteiger partial charge in [0.05, 0.1) is 10.8 Å². The molecule has 0 aliphatic carbocycles. The summed E-state index contributed by atoms with van der Waals surface area (Å²) in [7, 11) is 0. The molecule has 0 bridgehead atoms. The van der Waals surface area contributed by atoms with Crippen molar-refractivity contribution in [2.45, 2.75) is 0 Å². The molecule has 3 N–H and O–H groups in total. The quantitative estimate of drug-likeness (QED) is 0.586. The normalized spacial score (nSPS) is 10.9. The molecule has 0 radical (unpaired) electrons. The number of fused-ring (bicyclic) bond motifs is 1. The molecule has 1 aromatic heterocycles. The van der Waals surface area contributed by atoms with Crippen LogP contribution in [0.5, 0.6) is 11.8 Å².